The lowest BCUT2D eigenvalue weighted by Crippen LogP contribution is -2.26. The molecule has 0 radical (unpaired) electrons. The molecule has 2 aromatic carbocycles. The number of hydrogen-bond donors (Lipinski definition) is 2. The van der Waals surface area contributed by atoms with Gasteiger partial charge in [-0.1, -0.05) is 67.1 Å². The summed E-state index contributed by atoms with van der Waals surface area (Å²) in [5.41, 5.74) is 7.96. The van der Waals surface area contributed by atoms with Gasteiger partial charge in [0.25, 0.3) is 5.91 Å². The van der Waals surface area contributed by atoms with Gasteiger partial charge in [0.2, 0.25) is 0 Å². The van der Waals surface area contributed by atoms with Crippen LogP contribution in [0.25, 0.3) is 5.57 Å². The summed E-state index contributed by atoms with van der Waals surface area (Å²) in [7, 11) is 0. The topological polar surface area (TPSA) is 78.9 Å². The van der Waals surface area contributed by atoms with Crippen LogP contribution in [-0.4, -0.2) is 19.0 Å². The minimum absolute atomic E-state index is 0.135. The van der Waals surface area contributed by atoms with Crippen molar-refractivity contribution >= 4 is 11.5 Å². The highest BCUT2D eigenvalue weighted by molar-refractivity contribution is 6.07. The first kappa shape index (κ1) is 18.4. The van der Waals surface area contributed by atoms with Crippen molar-refractivity contribution in [3.63, 3.8) is 0 Å². The van der Waals surface area contributed by atoms with Gasteiger partial charge in [0, 0.05) is 12.1 Å². The van der Waals surface area contributed by atoms with E-state index in [-0.39, 0.29) is 11.5 Å². The van der Waals surface area contributed by atoms with Gasteiger partial charge in [0.1, 0.15) is 11.6 Å². The van der Waals surface area contributed by atoms with Crippen molar-refractivity contribution in [1.29, 1.82) is 5.26 Å². The SMILES string of the molecule is N#CC(C(=O)NCCCCCN)=C(c1ccccc1)c1ccccc1. The summed E-state index contributed by atoms with van der Waals surface area (Å²) in [5, 5.41) is 12.5. The third kappa shape index (κ3) is 5.30. The van der Waals surface area contributed by atoms with E-state index in [0.29, 0.717) is 18.7 Å². The summed E-state index contributed by atoms with van der Waals surface area (Å²) >= 11 is 0. The number of nitrogens with zero attached hydrogens (tertiary/aromatic N) is 1. The maximum atomic E-state index is 12.6. The summed E-state index contributed by atoms with van der Waals surface area (Å²) < 4.78 is 0. The molecule has 0 spiro atoms. The van der Waals surface area contributed by atoms with Gasteiger partial charge in [0.05, 0.1) is 0 Å². The molecule has 0 saturated heterocycles. The molecule has 2 aromatic rings. The Kier molecular flexibility index (Phi) is 7.42. The Bertz CT molecular complexity index is 704. The molecule has 25 heavy (non-hydrogen) atoms. The Morgan fingerprint density at radius 2 is 1.48 bits per heavy atom. The molecule has 0 atom stereocenters. The summed E-state index contributed by atoms with van der Waals surface area (Å²) in [6.45, 7) is 1.20. The fourth-order valence-electron chi connectivity index (χ4n) is 2.62. The monoisotopic (exact) mass is 333 g/mol. The molecular weight excluding hydrogens is 310 g/mol. The van der Waals surface area contributed by atoms with E-state index >= 15 is 0 Å². The van der Waals surface area contributed by atoms with Crippen LogP contribution in [0.1, 0.15) is 30.4 Å². The molecule has 4 heteroatoms. The fourth-order valence-corrected chi connectivity index (χ4v) is 2.62. The van der Waals surface area contributed by atoms with E-state index in [2.05, 4.69) is 11.4 Å². The van der Waals surface area contributed by atoms with Crippen LogP contribution < -0.4 is 11.1 Å². The van der Waals surface area contributed by atoms with E-state index in [4.69, 9.17) is 5.73 Å². The van der Waals surface area contributed by atoms with Crippen molar-refractivity contribution in [1.82, 2.24) is 5.32 Å². The summed E-state index contributed by atoms with van der Waals surface area (Å²) in [5.74, 6) is -0.335. The van der Waals surface area contributed by atoms with E-state index in [0.717, 1.165) is 30.4 Å². The average Bonchev–Trinajstić information content (AvgIpc) is 2.67. The Labute approximate surface area is 149 Å². The van der Waals surface area contributed by atoms with Crippen LogP contribution in [0.15, 0.2) is 66.2 Å². The van der Waals surface area contributed by atoms with Gasteiger partial charge >= 0.3 is 0 Å². The normalized spacial score (nSPS) is 9.92. The second-order valence-electron chi connectivity index (χ2n) is 5.70. The zero-order valence-corrected chi connectivity index (χ0v) is 14.2. The summed E-state index contributed by atoms with van der Waals surface area (Å²) in [6.07, 6.45) is 2.76. The van der Waals surface area contributed by atoms with Gasteiger partial charge in [-0.3, -0.25) is 4.79 Å². The van der Waals surface area contributed by atoms with Crippen LogP contribution in [0.4, 0.5) is 0 Å². The molecule has 0 fully saturated rings. The van der Waals surface area contributed by atoms with Gasteiger partial charge in [-0.15, -0.1) is 0 Å². The highest BCUT2D eigenvalue weighted by atomic mass is 16.1. The highest BCUT2D eigenvalue weighted by Gasteiger charge is 2.18. The first-order valence-corrected chi connectivity index (χ1v) is 8.51. The molecule has 0 bridgehead atoms. The minimum atomic E-state index is -0.335. The third-order valence-electron chi connectivity index (χ3n) is 3.88. The molecule has 0 heterocycles. The molecule has 4 nitrogen and oxygen atoms in total. The number of nitrogens with one attached hydrogen (secondary N) is 1. The molecule has 2 rings (SSSR count). The summed E-state index contributed by atoms with van der Waals surface area (Å²) in [6, 6.07) is 21.2. The molecule has 128 valence electrons. The largest absolute Gasteiger partial charge is 0.351 e. The predicted octanol–water partition coefficient (Wildman–Crippen LogP) is 3.26. The van der Waals surface area contributed by atoms with E-state index in [9.17, 15) is 10.1 Å². The van der Waals surface area contributed by atoms with E-state index in [1.54, 1.807) is 0 Å². The number of amides is 1. The van der Waals surface area contributed by atoms with Crippen LogP contribution in [0.5, 0.6) is 0 Å². The second-order valence-corrected chi connectivity index (χ2v) is 5.70. The van der Waals surface area contributed by atoms with Crippen molar-refractivity contribution < 1.29 is 4.79 Å². The molecule has 1 amide bonds. The number of nitrogens with two attached hydrogens (primary N) is 1. The van der Waals surface area contributed by atoms with Gasteiger partial charge in [-0.2, -0.15) is 5.26 Å². The number of hydrogen-bond acceptors (Lipinski definition) is 3. The summed E-state index contributed by atoms with van der Waals surface area (Å²) in [4.78, 5) is 12.6. The third-order valence-corrected chi connectivity index (χ3v) is 3.88. The van der Waals surface area contributed by atoms with Gasteiger partial charge < -0.3 is 11.1 Å². The second kappa shape index (κ2) is 10.1. The quantitative estimate of drug-likeness (QED) is 0.442. The van der Waals surface area contributed by atoms with E-state index < -0.39 is 0 Å². The Morgan fingerprint density at radius 1 is 0.920 bits per heavy atom. The zero-order chi connectivity index (χ0) is 17.9. The van der Waals surface area contributed by atoms with Crippen LogP contribution in [-0.2, 0) is 4.79 Å². The van der Waals surface area contributed by atoms with Gasteiger partial charge in [-0.05, 0) is 30.5 Å². The smallest absolute Gasteiger partial charge is 0.262 e. The van der Waals surface area contributed by atoms with Crippen LogP contribution >= 0.6 is 0 Å². The number of carbonyl (C=O) groups is 1. The Hall–Kier alpha value is -2.90. The maximum Gasteiger partial charge on any atom is 0.262 e. The van der Waals surface area contributed by atoms with Crippen LogP contribution in [0, 0.1) is 11.3 Å². The molecule has 0 unspecified atom stereocenters. The Balaban J connectivity index is 2.31. The highest BCUT2D eigenvalue weighted by Crippen LogP contribution is 2.26. The molecule has 0 aliphatic carbocycles. The molecule has 0 saturated carbocycles. The van der Waals surface area contributed by atoms with Crippen molar-refractivity contribution in [2.45, 2.75) is 19.3 Å². The number of benzene rings is 2. The lowest BCUT2D eigenvalue weighted by molar-refractivity contribution is -0.117. The zero-order valence-electron chi connectivity index (χ0n) is 14.2. The number of unbranched alkanes of at least 4 members (excludes halogenated alkanes) is 2. The number of carbonyl (C=O) groups excluding carboxylic acids is 1. The van der Waals surface area contributed by atoms with Crippen molar-refractivity contribution in [2.24, 2.45) is 5.73 Å². The van der Waals surface area contributed by atoms with E-state index in [1.807, 2.05) is 60.7 Å². The Morgan fingerprint density at radius 3 is 1.96 bits per heavy atom. The van der Waals surface area contributed by atoms with Gasteiger partial charge in [0.15, 0.2) is 0 Å². The fraction of sp³-hybridized carbons (Fsp3) is 0.238. The molecule has 3 N–H and O–H groups in total. The lowest BCUT2D eigenvalue weighted by Gasteiger charge is -2.12. The lowest BCUT2D eigenvalue weighted by atomic mass is 9.93. The van der Waals surface area contributed by atoms with Gasteiger partial charge in [-0.25, -0.2) is 0 Å². The number of rotatable bonds is 8. The predicted molar refractivity (Wildman–Crippen MR) is 100 cm³/mol. The van der Waals surface area contributed by atoms with Crippen molar-refractivity contribution in [2.75, 3.05) is 13.1 Å². The van der Waals surface area contributed by atoms with Crippen molar-refractivity contribution in [3.05, 3.63) is 77.4 Å². The maximum absolute atomic E-state index is 12.6. The van der Waals surface area contributed by atoms with Crippen molar-refractivity contribution in [3.8, 4) is 6.07 Å². The average molecular weight is 333 g/mol. The molecule has 0 aromatic heterocycles. The standard InChI is InChI=1S/C21H23N3O/c22-14-8-3-9-15-24-21(25)19(16-23)20(17-10-4-1-5-11-17)18-12-6-2-7-13-18/h1-2,4-7,10-13H,3,8-9,14-15,22H2,(H,24,25). The van der Waals surface area contributed by atoms with Crippen LogP contribution in [0.3, 0.4) is 0 Å². The molecule has 0 aliphatic rings. The first-order chi connectivity index (χ1) is 12.3. The van der Waals surface area contributed by atoms with Crippen LogP contribution in [0.2, 0.25) is 0 Å². The molecule has 0 aliphatic heterocycles. The van der Waals surface area contributed by atoms with E-state index in [1.165, 1.54) is 0 Å². The number of nitriles is 1. The molecular formula is C21H23N3O. The first-order valence-electron chi connectivity index (χ1n) is 8.51. The minimum Gasteiger partial charge on any atom is -0.351 e.